The van der Waals surface area contributed by atoms with Gasteiger partial charge in [-0.05, 0) is 5.56 Å². The summed E-state index contributed by atoms with van der Waals surface area (Å²) in [6, 6.07) is 5.35. The highest BCUT2D eigenvalue weighted by Gasteiger charge is 2.65. The molecule has 21 heavy (non-hydrogen) atoms. The molecule has 0 saturated carbocycles. The summed E-state index contributed by atoms with van der Waals surface area (Å²) < 4.78 is 38.5. The Bertz CT molecular complexity index is 653. The van der Waals surface area contributed by atoms with Crippen LogP contribution in [0, 0.1) is 0 Å². The fraction of sp³-hybridized carbons (Fsp3) is 0.231. The molecule has 0 radical (unpaired) electrons. The standard InChI is InChI=1S/C13H8F3N3O2/c14-13(15,16)12(17-18-12)9-3-1-8(2-4-9)7-19-10(20)5-6-11(19)21/h1-6H,7H2. The van der Waals surface area contributed by atoms with E-state index in [2.05, 4.69) is 10.2 Å². The minimum atomic E-state index is -4.57. The van der Waals surface area contributed by atoms with Gasteiger partial charge >= 0.3 is 11.8 Å². The van der Waals surface area contributed by atoms with Crippen molar-refractivity contribution in [1.29, 1.82) is 0 Å². The van der Waals surface area contributed by atoms with Crippen LogP contribution in [0.25, 0.3) is 0 Å². The summed E-state index contributed by atoms with van der Waals surface area (Å²) >= 11 is 0. The van der Waals surface area contributed by atoms with E-state index >= 15 is 0 Å². The number of halogens is 3. The number of imide groups is 1. The summed E-state index contributed by atoms with van der Waals surface area (Å²) in [5.74, 6) is -0.883. The van der Waals surface area contributed by atoms with Gasteiger partial charge in [0.05, 0.1) is 6.54 Å². The van der Waals surface area contributed by atoms with Crippen molar-refractivity contribution >= 4 is 11.8 Å². The number of rotatable bonds is 3. The number of amides is 2. The Morgan fingerprint density at radius 2 is 1.52 bits per heavy atom. The van der Waals surface area contributed by atoms with Crippen molar-refractivity contribution in [2.45, 2.75) is 18.4 Å². The molecule has 0 N–H and O–H groups in total. The molecule has 0 aliphatic carbocycles. The van der Waals surface area contributed by atoms with Gasteiger partial charge in [0.2, 0.25) is 0 Å². The molecule has 108 valence electrons. The first-order chi connectivity index (χ1) is 9.83. The van der Waals surface area contributed by atoms with Crippen LogP contribution in [0.1, 0.15) is 11.1 Å². The summed E-state index contributed by atoms with van der Waals surface area (Å²) in [7, 11) is 0. The van der Waals surface area contributed by atoms with E-state index in [1.807, 2.05) is 0 Å². The van der Waals surface area contributed by atoms with Crippen LogP contribution >= 0.6 is 0 Å². The summed E-state index contributed by atoms with van der Waals surface area (Å²) in [5.41, 5.74) is -2.00. The Hall–Kier alpha value is -2.51. The van der Waals surface area contributed by atoms with Crippen LogP contribution in [-0.4, -0.2) is 22.9 Å². The Morgan fingerprint density at radius 1 is 1.00 bits per heavy atom. The first kappa shape index (κ1) is 13.5. The van der Waals surface area contributed by atoms with E-state index in [1.54, 1.807) is 0 Å². The molecule has 0 fully saturated rings. The zero-order chi connectivity index (χ0) is 15.3. The molecular weight excluding hydrogens is 287 g/mol. The van der Waals surface area contributed by atoms with E-state index in [-0.39, 0.29) is 12.1 Å². The van der Waals surface area contributed by atoms with Gasteiger partial charge in [0, 0.05) is 17.7 Å². The first-order valence-corrected chi connectivity index (χ1v) is 5.97. The molecule has 0 aromatic heterocycles. The molecular formula is C13H8F3N3O2. The van der Waals surface area contributed by atoms with Crippen LogP contribution in [0.3, 0.4) is 0 Å². The lowest BCUT2D eigenvalue weighted by atomic mass is 10.0. The molecule has 2 heterocycles. The number of carbonyl (C=O) groups excluding carboxylic acids is 2. The lowest BCUT2D eigenvalue weighted by molar-refractivity contribution is -0.166. The Balaban J connectivity index is 1.77. The lowest BCUT2D eigenvalue weighted by Gasteiger charge is -2.16. The van der Waals surface area contributed by atoms with Crippen LogP contribution in [0.15, 0.2) is 46.6 Å². The summed E-state index contributed by atoms with van der Waals surface area (Å²) in [6.07, 6.45) is -2.27. The third-order valence-electron chi connectivity index (χ3n) is 3.29. The van der Waals surface area contributed by atoms with Crippen molar-refractivity contribution < 1.29 is 22.8 Å². The second kappa shape index (κ2) is 4.24. The van der Waals surface area contributed by atoms with Gasteiger partial charge in [0.15, 0.2) is 0 Å². The highest BCUT2D eigenvalue weighted by molar-refractivity contribution is 6.12. The third-order valence-corrected chi connectivity index (χ3v) is 3.29. The van der Waals surface area contributed by atoms with Gasteiger partial charge < -0.3 is 0 Å². The Kier molecular flexibility index (Phi) is 2.72. The quantitative estimate of drug-likeness (QED) is 0.803. The molecule has 0 atom stereocenters. The van der Waals surface area contributed by atoms with Crippen molar-refractivity contribution in [2.75, 3.05) is 0 Å². The second-order valence-electron chi connectivity index (χ2n) is 4.66. The zero-order valence-electron chi connectivity index (χ0n) is 10.5. The molecule has 1 aromatic rings. The van der Waals surface area contributed by atoms with Crippen molar-refractivity contribution in [1.82, 2.24) is 4.90 Å². The van der Waals surface area contributed by atoms with E-state index in [1.165, 1.54) is 24.3 Å². The normalized spacial score (nSPS) is 19.5. The number of carbonyl (C=O) groups is 2. The van der Waals surface area contributed by atoms with Gasteiger partial charge in [-0.1, -0.05) is 24.3 Å². The largest absolute Gasteiger partial charge is 0.442 e. The fourth-order valence-electron chi connectivity index (χ4n) is 2.05. The summed E-state index contributed by atoms with van der Waals surface area (Å²) in [4.78, 5) is 23.8. The smallest absolute Gasteiger partial charge is 0.271 e. The molecule has 1 aromatic carbocycles. The number of alkyl halides is 3. The maximum Gasteiger partial charge on any atom is 0.442 e. The van der Waals surface area contributed by atoms with Crippen LogP contribution in [-0.2, 0) is 21.8 Å². The fourth-order valence-corrected chi connectivity index (χ4v) is 2.05. The number of hydrogen-bond donors (Lipinski definition) is 0. The maximum absolute atomic E-state index is 12.8. The van der Waals surface area contributed by atoms with E-state index in [9.17, 15) is 22.8 Å². The SMILES string of the molecule is O=C1C=CC(=O)N1Cc1ccc(C2(C(F)(F)F)N=N2)cc1. The van der Waals surface area contributed by atoms with Crippen molar-refractivity contribution in [3.05, 3.63) is 47.5 Å². The van der Waals surface area contributed by atoms with Crippen LogP contribution < -0.4 is 0 Å². The Labute approximate surface area is 116 Å². The zero-order valence-corrected chi connectivity index (χ0v) is 10.5. The molecule has 2 aliphatic rings. The summed E-state index contributed by atoms with van der Waals surface area (Å²) in [6.45, 7) is 0.0122. The number of benzene rings is 1. The average molecular weight is 295 g/mol. The maximum atomic E-state index is 12.8. The molecule has 0 saturated heterocycles. The van der Waals surface area contributed by atoms with Gasteiger partial charge in [0.25, 0.3) is 11.8 Å². The molecule has 0 bridgehead atoms. The minimum Gasteiger partial charge on any atom is -0.271 e. The van der Waals surface area contributed by atoms with Crippen LogP contribution in [0.5, 0.6) is 0 Å². The third kappa shape index (κ3) is 2.12. The predicted octanol–water partition coefficient (Wildman–Crippen LogP) is 2.29. The highest BCUT2D eigenvalue weighted by Crippen LogP contribution is 2.52. The van der Waals surface area contributed by atoms with Gasteiger partial charge in [0.1, 0.15) is 0 Å². The predicted molar refractivity (Wildman–Crippen MR) is 63.7 cm³/mol. The van der Waals surface area contributed by atoms with Crippen molar-refractivity contribution in [2.24, 2.45) is 10.2 Å². The second-order valence-corrected chi connectivity index (χ2v) is 4.66. The summed E-state index contributed by atoms with van der Waals surface area (Å²) in [5, 5.41) is 6.21. The lowest BCUT2D eigenvalue weighted by Crippen LogP contribution is -2.30. The molecule has 3 rings (SSSR count). The van der Waals surface area contributed by atoms with E-state index in [4.69, 9.17) is 0 Å². The Morgan fingerprint density at radius 3 is 1.95 bits per heavy atom. The van der Waals surface area contributed by atoms with Gasteiger partial charge in [-0.25, -0.2) is 0 Å². The van der Waals surface area contributed by atoms with Crippen molar-refractivity contribution in [3.63, 3.8) is 0 Å². The van der Waals surface area contributed by atoms with Gasteiger partial charge in [-0.3, -0.25) is 14.5 Å². The molecule has 0 spiro atoms. The van der Waals surface area contributed by atoms with Crippen LogP contribution in [0.2, 0.25) is 0 Å². The highest BCUT2D eigenvalue weighted by atomic mass is 19.4. The van der Waals surface area contributed by atoms with Gasteiger partial charge in [-0.15, -0.1) is 10.2 Å². The van der Waals surface area contributed by atoms with E-state index in [0.717, 1.165) is 17.1 Å². The van der Waals surface area contributed by atoms with E-state index in [0.29, 0.717) is 5.56 Å². The molecule has 0 unspecified atom stereocenters. The monoisotopic (exact) mass is 295 g/mol. The molecule has 2 amide bonds. The van der Waals surface area contributed by atoms with Crippen molar-refractivity contribution in [3.8, 4) is 0 Å². The molecule has 2 aliphatic heterocycles. The molecule has 5 nitrogen and oxygen atoms in total. The minimum absolute atomic E-state index is 0.0122. The number of nitrogens with zero attached hydrogens (tertiary/aromatic N) is 3. The topological polar surface area (TPSA) is 62.1 Å². The van der Waals surface area contributed by atoms with E-state index < -0.39 is 23.7 Å². The average Bonchev–Trinajstić information content (AvgIpc) is 3.18. The number of hydrogen-bond acceptors (Lipinski definition) is 4. The van der Waals surface area contributed by atoms with Crippen LogP contribution in [0.4, 0.5) is 13.2 Å². The first-order valence-electron chi connectivity index (χ1n) is 5.97. The van der Waals surface area contributed by atoms with Gasteiger partial charge in [-0.2, -0.15) is 13.2 Å². The molecule has 8 heteroatoms.